The summed E-state index contributed by atoms with van der Waals surface area (Å²) in [5.41, 5.74) is 6.50. The predicted molar refractivity (Wildman–Crippen MR) is 107 cm³/mol. The van der Waals surface area contributed by atoms with Crippen molar-refractivity contribution >= 4 is 29.9 Å². The van der Waals surface area contributed by atoms with Crippen LogP contribution in [0.25, 0.3) is 11.4 Å². The number of piperidine rings is 1. The zero-order valence-corrected chi connectivity index (χ0v) is 17.0. The van der Waals surface area contributed by atoms with E-state index in [-0.39, 0.29) is 36.4 Å². The quantitative estimate of drug-likeness (QED) is 0.806. The molecule has 2 aliphatic rings. The van der Waals surface area contributed by atoms with Crippen LogP contribution >= 0.6 is 24.0 Å². The van der Waals surface area contributed by atoms with Gasteiger partial charge in [0.15, 0.2) is 0 Å². The normalized spacial score (nSPS) is 24.8. The molecule has 4 rings (SSSR count). The highest BCUT2D eigenvalue weighted by atomic mass is 35.5. The lowest BCUT2D eigenvalue weighted by molar-refractivity contribution is -0.144. The molecule has 2 aliphatic heterocycles. The minimum absolute atomic E-state index is 0. The Bertz CT molecular complexity index is 799. The van der Waals surface area contributed by atoms with Gasteiger partial charge in [-0.3, -0.25) is 4.79 Å². The molecule has 2 N–H and O–H groups in total. The number of halogens is 2. The Morgan fingerprint density at radius 1 is 1.25 bits per heavy atom. The number of rotatable bonds is 4. The van der Waals surface area contributed by atoms with E-state index in [0.717, 1.165) is 37.8 Å². The average Bonchev–Trinajstić information content (AvgIpc) is 3.38. The molecule has 1 aromatic heterocycles. The monoisotopic (exact) mass is 426 g/mol. The molecule has 3 heterocycles. The summed E-state index contributed by atoms with van der Waals surface area (Å²) in [5.74, 6) is 1.20. The summed E-state index contributed by atoms with van der Waals surface area (Å²) in [7, 11) is 0. The van der Waals surface area contributed by atoms with Crippen molar-refractivity contribution < 1.29 is 14.1 Å². The molecule has 2 fully saturated rings. The Morgan fingerprint density at radius 2 is 2.04 bits per heavy atom. The Labute approximate surface area is 175 Å². The van der Waals surface area contributed by atoms with E-state index >= 15 is 0 Å². The van der Waals surface area contributed by atoms with Gasteiger partial charge in [0.1, 0.15) is 6.10 Å². The summed E-state index contributed by atoms with van der Waals surface area (Å²) in [4.78, 5) is 19.2. The number of benzene rings is 1. The number of nitrogens with two attached hydrogens (primary N) is 1. The number of hydrogen-bond acceptors (Lipinski definition) is 6. The van der Waals surface area contributed by atoms with E-state index in [0.29, 0.717) is 29.8 Å². The summed E-state index contributed by atoms with van der Waals surface area (Å²) in [5, 5.41) is 4.75. The topological polar surface area (TPSA) is 94.5 Å². The molecular formula is C19H24Cl2N4O3. The highest BCUT2D eigenvalue weighted by Gasteiger charge is 2.36. The summed E-state index contributed by atoms with van der Waals surface area (Å²) in [6.07, 6.45) is 3.04. The van der Waals surface area contributed by atoms with Crippen LogP contribution in [0.3, 0.4) is 0 Å². The van der Waals surface area contributed by atoms with Crippen molar-refractivity contribution in [3.05, 3.63) is 35.2 Å². The molecule has 28 heavy (non-hydrogen) atoms. The molecule has 1 unspecified atom stereocenters. The lowest BCUT2D eigenvalue weighted by Gasteiger charge is -2.32. The number of carbonyl (C=O) groups excluding carboxylic acids is 1. The van der Waals surface area contributed by atoms with Crippen LogP contribution in [-0.4, -0.2) is 52.8 Å². The van der Waals surface area contributed by atoms with Crippen LogP contribution in [0.4, 0.5) is 0 Å². The lowest BCUT2D eigenvalue weighted by Crippen LogP contribution is -2.44. The molecule has 152 valence electrons. The van der Waals surface area contributed by atoms with Gasteiger partial charge in [0, 0.05) is 30.2 Å². The lowest BCUT2D eigenvalue weighted by atomic mass is 9.97. The van der Waals surface area contributed by atoms with Crippen LogP contribution < -0.4 is 5.73 Å². The fraction of sp³-hybridized carbons (Fsp3) is 0.526. The third-order valence-electron chi connectivity index (χ3n) is 5.27. The van der Waals surface area contributed by atoms with Gasteiger partial charge in [0.2, 0.25) is 11.7 Å². The van der Waals surface area contributed by atoms with Crippen molar-refractivity contribution in [2.24, 2.45) is 5.73 Å². The van der Waals surface area contributed by atoms with E-state index in [2.05, 4.69) is 10.1 Å². The van der Waals surface area contributed by atoms with E-state index < -0.39 is 0 Å². The Balaban J connectivity index is 0.00000225. The second-order valence-electron chi connectivity index (χ2n) is 7.15. The number of amides is 1. The van der Waals surface area contributed by atoms with E-state index in [4.69, 9.17) is 26.6 Å². The number of aromatic nitrogens is 2. The maximum Gasteiger partial charge on any atom is 0.251 e. The van der Waals surface area contributed by atoms with Gasteiger partial charge in [-0.2, -0.15) is 4.98 Å². The van der Waals surface area contributed by atoms with Crippen molar-refractivity contribution in [2.75, 3.05) is 19.6 Å². The van der Waals surface area contributed by atoms with E-state index in [9.17, 15) is 4.79 Å². The minimum Gasteiger partial charge on any atom is -0.364 e. The average molecular weight is 427 g/mol. The van der Waals surface area contributed by atoms with E-state index in [1.807, 2.05) is 17.0 Å². The van der Waals surface area contributed by atoms with Crippen molar-refractivity contribution in [3.63, 3.8) is 0 Å². The third kappa shape index (κ3) is 4.49. The third-order valence-corrected chi connectivity index (χ3v) is 5.52. The van der Waals surface area contributed by atoms with Gasteiger partial charge in [0.25, 0.3) is 5.91 Å². The van der Waals surface area contributed by atoms with E-state index in [1.54, 1.807) is 12.1 Å². The molecular weight excluding hydrogens is 403 g/mol. The van der Waals surface area contributed by atoms with Gasteiger partial charge < -0.3 is 19.9 Å². The number of likely N-dealkylation sites (tertiary alicyclic amines) is 1. The van der Waals surface area contributed by atoms with Gasteiger partial charge in [-0.25, -0.2) is 0 Å². The zero-order valence-electron chi connectivity index (χ0n) is 15.4. The first-order valence-corrected chi connectivity index (χ1v) is 9.75. The molecule has 7 nitrogen and oxygen atoms in total. The smallest absolute Gasteiger partial charge is 0.251 e. The van der Waals surface area contributed by atoms with Crippen LogP contribution in [-0.2, 0) is 9.53 Å². The molecule has 3 atom stereocenters. The fourth-order valence-corrected chi connectivity index (χ4v) is 3.89. The maximum atomic E-state index is 12.8. The summed E-state index contributed by atoms with van der Waals surface area (Å²) in [6, 6.07) is 7.31. The highest BCUT2D eigenvalue weighted by Crippen LogP contribution is 2.30. The minimum atomic E-state index is -0.371. The number of hydrogen-bond donors (Lipinski definition) is 1. The van der Waals surface area contributed by atoms with Crippen molar-refractivity contribution in [1.29, 1.82) is 0 Å². The molecule has 0 saturated carbocycles. The standard InChI is InChI=1S/C19H23ClN4O3.ClH/c20-14-5-3-12(4-6-14)17-22-18(27-23-17)13-2-1-9-24(11-13)19(25)16-8-7-15(10-21)26-16;/h3-6,13,15-16H,1-2,7-11,21H2;1H/t13?,15-,16+;/m1./s1. The van der Waals surface area contributed by atoms with Crippen molar-refractivity contribution in [1.82, 2.24) is 15.0 Å². The fourth-order valence-electron chi connectivity index (χ4n) is 3.76. The molecule has 2 aromatic rings. The van der Waals surface area contributed by atoms with Crippen molar-refractivity contribution in [2.45, 2.75) is 43.8 Å². The van der Waals surface area contributed by atoms with Crippen LogP contribution in [0.15, 0.2) is 28.8 Å². The number of carbonyl (C=O) groups is 1. The van der Waals surface area contributed by atoms with Gasteiger partial charge in [-0.1, -0.05) is 16.8 Å². The SMILES string of the molecule is Cl.NC[C@H]1CC[C@@H](C(=O)N2CCCC(c3nc(-c4ccc(Cl)cc4)no3)C2)O1. The largest absolute Gasteiger partial charge is 0.364 e. The van der Waals surface area contributed by atoms with Gasteiger partial charge in [-0.15, -0.1) is 12.4 Å². The van der Waals surface area contributed by atoms with Crippen molar-refractivity contribution in [3.8, 4) is 11.4 Å². The van der Waals surface area contributed by atoms with Crippen LogP contribution in [0, 0.1) is 0 Å². The first kappa shape index (κ1) is 21.0. The Kier molecular flexibility index (Phi) is 6.93. The number of nitrogens with zero attached hydrogens (tertiary/aromatic N) is 3. The highest BCUT2D eigenvalue weighted by molar-refractivity contribution is 6.30. The summed E-state index contributed by atoms with van der Waals surface area (Å²) < 4.78 is 11.3. The van der Waals surface area contributed by atoms with Crippen LogP contribution in [0.1, 0.15) is 37.5 Å². The first-order chi connectivity index (χ1) is 13.1. The van der Waals surface area contributed by atoms with Gasteiger partial charge in [-0.05, 0) is 49.9 Å². The Hall–Kier alpha value is -1.67. The zero-order chi connectivity index (χ0) is 18.8. The molecule has 0 bridgehead atoms. The molecule has 0 radical (unpaired) electrons. The van der Waals surface area contributed by atoms with E-state index in [1.165, 1.54) is 0 Å². The van der Waals surface area contributed by atoms with Gasteiger partial charge >= 0.3 is 0 Å². The number of ether oxygens (including phenoxy) is 1. The molecule has 9 heteroatoms. The van der Waals surface area contributed by atoms with Crippen LogP contribution in [0.5, 0.6) is 0 Å². The second-order valence-corrected chi connectivity index (χ2v) is 7.58. The summed E-state index contributed by atoms with van der Waals surface area (Å²) >= 11 is 5.92. The molecule has 1 amide bonds. The summed E-state index contributed by atoms with van der Waals surface area (Å²) in [6.45, 7) is 1.77. The second kappa shape index (κ2) is 9.22. The molecule has 2 saturated heterocycles. The molecule has 1 aromatic carbocycles. The first-order valence-electron chi connectivity index (χ1n) is 9.38. The Morgan fingerprint density at radius 3 is 2.75 bits per heavy atom. The van der Waals surface area contributed by atoms with Crippen LogP contribution in [0.2, 0.25) is 5.02 Å². The predicted octanol–water partition coefficient (Wildman–Crippen LogP) is 3.02. The molecule has 0 spiro atoms. The maximum absolute atomic E-state index is 12.8. The molecule has 0 aliphatic carbocycles. The van der Waals surface area contributed by atoms with Gasteiger partial charge in [0.05, 0.1) is 12.0 Å².